The second-order valence-electron chi connectivity index (χ2n) is 11.2. The van der Waals surface area contributed by atoms with Crippen LogP contribution in [-0.2, 0) is 25.6 Å². The minimum Gasteiger partial charge on any atom is -0.492 e. The average molecular weight is 488 g/mol. The number of aromatic nitrogens is 2. The molecule has 7 rings (SSSR count). The van der Waals surface area contributed by atoms with E-state index in [2.05, 4.69) is 10.4 Å². The van der Waals surface area contributed by atoms with Gasteiger partial charge in [0.25, 0.3) is 5.91 Å². The van der Waals surface area contributed by atoms with Crippen molar-refractivity contribution in [3.8, 4) is 5.75 Å². The summed E-state index contributed by atoms with van der Waals surface area (Å²) in [5, 5.41) is 7.26. The first-order valence-electron chi connectivity index (χ1n) is 13.0. The van der Waals surface area contributed by atoms with Crippen LogP contribution < -0.4 is 10.1 Å². The normalized spacial score (nSPS) is 29.2. The summed E-state index contributed by atoms with van der Waals surface area (Å²) in [5.74, 6) is 2.87. The number of hydrogen-bond donors (Lipinski definition) is 1. The lowest BCUT2D eigenvalue weighted by atomic mass is 9.53. The molecule has 4 bridgehead atoms. The molecule has 0 radical (unpaired) electrons. The van der Waals surface area contributed by atoms with Crippen LogP contribution >= 0.6 is 0 Å². The Morgan fingerprint density at radius 1 is 1.03 bits per heavy atom. The highest BCUT2D eigenvalue weighted by Crippen LogP contribution is 2.55. The zero-order chi connectivity index (χ0) is 24.2. The molecule has 8 heteroatoms. The molecular formula is C27H32F3N3O2. The van der Waals surface area contributed by atoms with Gasteiger partial charge in [0.15, 0.2) is 5.69 Å². The van der Waals surface area contributed by atoms with Crippen molar-refractivity contribution in [3.05, 3.63) is 46.8 Å². The number of carbonyl (C=O) groups excluding carboxylic acids is 1. The van der Waals surface area contributed by atoms with Crippen LogP contribution in [0.25, 0.3) is 0 Å². The molecule has 0 unspecified atom stereocenters. The number of carbonyl (C=O) groups is 1. The smallest absolute Gasteiger partial charge is 0.435 e. The Balaban J connectivity index is 1.06. The van der Waals surface area contributed by atoms with Gasteiger partial charge in [-0.25, -0.2) is 0 Å². The Bertz CT molecular complexity index is 1070. The highest BCUT2D eigenvalue weighted by Gasteiger charge is 2.51. The zero-order valence-electron chi connectivity index (χ0n) is 19.9. The first kappa shape index (κ1) is 22.9. The van der Waals surface area contributed by atoms with Gasteiger partial charge in [-0.3, -0.25) is 9.48 Å². The Labute approximate surface area is 203 Å². The summed E-state index contributed by atoms with van der Waals surface area (Å²) in [6.07, 6.45) is 5.59. The van der Waals surface area contributed by atoms with Gasteiger partial charge in [0, 0.05) is 22.4 Å². The van der Waals surface area contributed by atoms with Gasteiger partial charge in [-0.2, -0.15) is 18.3 Å². The summed E-state index contributed by atoms with van der Waals surface area (Å²) in [5.41, 5.74) is 0.867. The summed E-state index contributed by atoms with van der Waals surface area (Å²) in [7, 11) is 0. The third-order valence-electron chi connectivity index (χ3n) is 8.63. The van der Waals surface area contributed by atoms with E-state index in [-0.39, 0.29) is 24.6 Å². The number of amides is 1. The van der Waals surface area contributed by atoms with Gasteiger partial charge in [-0.05, 0) is 106 Å². The van der Waals surface area contributed by atoms with E-state index in [0.29, 0.717) is 35.4 Å². The Morgan fingerprint density at radius 3 is 2.29 bits per heavy atom. The molecule has 0 saturated heterocycles. The topological polar surface area (TPSA) is 56.1 Å². The fraction of sp³-hybridized carbons (Fsp3) is 0.630. The van der Waals surface area contributed by atoms with Gasteiger partial charge < -0.3 is 10.1 Å². The predicted octanol–water partition coefficient (Wildman–Crippen LogP) is 5.56. The van der Waals surface area contributed by atoms with E-state index in [0.717, 1.165) is 49.9 Å². The van der Waals surface area contributed by atoms with E-state index in [1.54, 1.807) is 24.3 Å². The number of benzene rings is 1. The zero-order valence-corrected chi connectivity index (χ0v) is 19.9. The molecular weight excluding hydrogens is 455 g/mol. The molecule has 0 atom stereocenters. The quantitative estimate of drug-likeness (QED) is 0.581. The third kappa shape index (κ3) is 4.45. The fourth-order valence-electron chi connectivity index (χ4n) is 7.61. The number of nitrogens with one attached hydrogen (secondary N) is 1. The van der Waals surface area contributed by atoms with E-state index in [9.17, 15) is 18.0 Å². The van der Waals surface area contributed by atoms with Crippen LogP contribution in [-0.4, -0.2) is 27.8 Å². The summed E-state index contributed by atoms with van der Waals surface area (Å²) in [6, 6.07) is 7.05. The van der Waals surface area contributed by atoms with Crippen molar-refractivity contribution in [2.75, 3.05) is 6.61 Å². The number of ether oxygens (including phenoxy) is 1. The van der Waals surface area contributed by atoms with Crippen LogP contribution in [0, 0.1) is 17.8 Å². The Kier molecular flexibility index (Phi) is 5.60. The highest BCUT2D eigenvalue weighted by molar-refractivity contribution is 5.94. The van der Waals surface area contributed by atoms with Gasteiger partial charge in [0.1, 0.15) is 12.4 Å². The highest BCUT2D eigenvalue weighted by atomic mass is 19.4. The average Bonchev–Trinajstić information content (AvgIpc) is 3.18. The fourth-order valence-corrected chi connectivity index (χ4v) is 7.61. The molecule has 1 N–H and O–H groups in total. The third-order valence-corrected chi connectivity index (χ3v) is 8.63. The second kappa shape index (κ2) is 8.56. The minimum atomic E-state index is -4.43. The Morgan fingerprint density at radius 2 is 1.66 bits per heavy atom. The molecule has 1 amide bonds. The van der Waals surface area contributed by atoms with Gasteiger partial charge in [0.05, 0.1) is 6.54 Å². The molecule has 35 heavy (non-hydrogen) atoms. The van der Waals surface area contributed by atoms with Gasteiger partial charge in [-0.15, -0.1) is 0 Å². The predicted molar refractivity (Wildman–Crippen MR) is 124 cm³/mol. The van der Waals surface area contributed by atoms with Gasteiger partial charge in [0.2, 0.25) is 0 Å². The molecule has 4 saturated carbocycles. The number of nitrogens with zero attached hydrogens (tertiary/aromatic N) is 2. The summed E-state index contributed by atoms with van der Waals surface area (Å²) in [6.45, 7) is 0.469. The van der Waals surface area contributed by atoms with Crippen molar-refractivity contribution in [2.45, 2.75) is 82.5 Å². The number of rotatable bonds is 6. The number of alkyl halides is 3. The van der Waals surface area contributed by atoms with Gasteiger partial charge in [-0.1, -0.05) is 0 Å². The number of hydrogen-bond acceptors (Lipinski definition) is 3. The summed E-state index contributed by atoms with van der Waals surface area (Å²) in [4.78, 5) is 13.0. The van der Waals surface area contributed by atoms with Crippen molar-refractivity contribution in [1.29, 1.82) is 0 Å². The molecule has 4 fully saturated rings. The molecule has 5 aliphatic rings. The molecule has 188 valence electrons. The lowest BCUT2D eigenvalue weighted by Gasteiger charge is -2.56. The Hall–Kier alpha value is -2.51. The van der Waals surface area contributed by atoms with Crippen molar-refractivity contribution >= 4 is 5.91 Å². The maximum atomic E-state index is 13.4. The standard InChI is InChI=1S/C27H32F3N3O2/c28-27(29,30)24-22-3-1-2-4-23(22)33(32-24)9-10-35-21-7-5-20(6-8-21)25(34)31-26-14-17-11-18(15-26)13-19(12-17)16-26/h5-8,17-19H,1-4,9-16H2,(H,31,34). The molecule has 5 nitrogen and oxygen atoms in total. The lowest BCUT2D eigenvalue weighted by Crippen LogP contribution is -2.59. The van der Waals surface area contributed by atoms with E-state index >= 15 is 0 Å². The SMILES string of the molecule is O=C(NC12CC3CC(CC(C3)C1)C2)c1ccc(OCCn2nc(C(F)(F)F)c3c2CCCC3)cc1. The maximum absolute atomic E-state index is 13.4. The van der Waals surface area contributed by atoms with Crippen LogP contribution in [0.5, 0.6) is 5.75 Å². The largest absolute Gasteiger partial charge is 0.492 e. The van der Waals surface area contributed by atoms with Crippen LogP contribution in [0.2, 0.25) is 0 Å². The van der Waals surface area contributed by atoms with Crippen molar-refractivity contribution < 1.29 is 22.7 Å². The molecule has 0 aliphatic heterocycles. The summed E-state index contributed by atoms with van der Waals surface area (Å²) < 4.78 is 47.4. The maximum Gasteiger partial charge on any atom is 0.435 e. The van der Waals surface area contributed by atoms with Gasteiger partial charge >= 0.3 is 6.18 Å². The first-order chi connectivity index (χ1) is 16.8. The number of halogens is 3. The lowest BCUT2D eigenvalue weighted by molar-refractivity contribution is -0.142. The summed E-state index contributed by atoms with van der Waals surface area (Å²) >= 11 is 0. The van der Waals surface area contributed by atoms with Crippen molar-refractivity contribution in [3.63, 3.8) is 0 Å². The minimum absolute atomic E-state index is 0.0265. The first-order valence-corrected chi connectivity index (χ1v) is 13.0. The van der Waals surface area contributed by atoms with E-state index in [1.807, 2.05) is 0 Å². The van der Waals surface area contributed by atoms with E-state index < -0.39 is 11.9 Å². The van der Waals surface area contributed by atoms with E-state index in [4.69, 9.17) is 4.74 Å². The van der Waals surface area contributed by atoms with Crippen LogP contribution in [0.1, 0.15) is 78.7 Å². The molecule has 1 aromatic carbocycles. The van der Waals surface area contributed by atoms with Crippen LogP contribution in [0.15, 0.2) is 24.3 Å². The van der Waals surface area contributed by atoms with Crippen LogP contribution in [0.3, 0.4) is 0 Å². The second-order valence-corrected chi connectivity index (χ2v) is 11.2. The van der Waals surface area contributed by atoms with E-state index in [1.165, 1.54) is 23.9 Å². The van der Waals surface area contributed by atoms with Crippen LogP contribution in [0.4, 0.5) is 13.2 Å². The number of fused-ring (bicyclic) bond motifs is 1. The molecule has 1 aromatic heterocycles. The molecule has 2 aromatic rings. The van der Waals surface area contributed by atoms with Crippen molar-refractivity contribution in [1.82, 2.24) is 15.1 Å². The monoisotopic (exact) mass is 487 g/mol. The molecule has 5 aliphatic carbocycles. The molecule has 1 heterocycles. The molecule has 0 spiro atoms. The van der Waals surface area contributed by atoms with Crippen molar-refractivity contribution in [2.24, 2.45) is 17.8 Å².